The average Bonchev–Trinajstić information content (AvgIpc) is 3.26. The van der Waals surface area contributed by atoms with E-state index in [-0.39, 0.29) is 6.04 Å². The Morgan fingerprint density at radius 1 is 1.21 bits per heavy atom. The molecule has 28 heavy (non-hydrogen) atoms. The van der Waals surface area contributed by atoms with Gasteiger partial charge in [-0.2, -0.15) is 8.78 Å². The molecule has 1 aliphatic rings. The van der Waals surface area contributed by atoms with Crippen molar-refractivity contribution in [1.29, 1.82) is 0 Å². The van der Waals surface area contributed by atoms with Crippen molar-refractivity contribution in [3.63, 3.8) is 0 Å². The summed E-state index contributed by atoms with van der Waals surface area (Å²) in [6.45, 7) is -0.169. The van der Waals surface area contributed by atoms with Crippen molar-refractivity contribution in [3.8, 4) is 11.1 Å². The number of halogens is 3. The Hall–Kier alpha value is -2.45. The Balaban J connectivity index is 1.69. The van der Waals surface area contributed by atoms with E-state index in [4.69, 9.17) is 0 Å². The molecule has 2 heterocycles. The molecule has 2 aromatic rings. The predicted octanol–water partition coefficient (Wildman–Crippen LogP) is 2.93. The Morgan fingerprint density at radius 3 is 2.46 bits per heavy atom. The number of alkyl halides is 3. The average molecular weight is 393 g/mol. The highest BCUT2D eigenvalue weighted by Crippen LogP contribution is 2.26. The van der Waals surface area contributed by atoms with Crippen LogP contribution < -0.4 is 10.6 Å². The molecule has 1 aromatic carbocycles. The first kappa shape index (κ1) is 20.3. The van der Waals surface area contributed by atoms with Gasteiger partial charge in [0, 0.05) is 17.8 Å². The normalized spacial score (nSPS) is 18.8. The third kappa shape index (κ3) is 4.69. The van der Waals surface area contributed by atoms with Crippen molar-refractivity contribution in [3.05, 3.63) is 53.9 Å². The van der Waals surface area contributed by atoms with Crippen LogP contribution in [-0.2, 0) is 4.79 Å². The van der Waals surface area contributed by atoms with Gasteiger partial charge in [0.2, 0.25) is 0 Å². The highest BCUT2D eigenvalue weighted by molar-refractivity contribution is 5.79. The number of nitrogens with zero attached hydrogens (tertiary/aromatic N) is 1. The van der Waals surface area contributed by atoms with Crippen LogP contribution >= 0.6 is 0 Å². The standard InChI is InChI=1S/C20H22F3N3O2/c21-10-17(26-20(28)19(22)23)18(27)13-5-3-12(4-6-13)14-7-8-16(25-11-14)15-2-1-9-24-15/h3-8,11,15,17-19,24,27H,1-2,9-10H2,(H,26,28)/t15?,17-,18+/m1/s1. The van der Waals surface area contributed by atoms with E-state index >= 15 is 0 Å². The fourth-order valence-electron chi connectivity index (χ4n) is 3.27. The largest absolute Gasteiger partial charge is 0.386 e. The Bertz CT molecular complexity index is 778. The van der Waals surface area contributed by atoms with Gasteiger partial charge in [0.25, 0.3) is 5.91 Å². The first-order valence-corrected chi connectivity index (χ1v) is 9.12. The lowest BCUT2D eigenvalue weighted by molar-refractivity contribution is -0.133. The summed E-state index contributed by atoms with van der Waals surface area (Å²) in [7, 11) is 0. The molecule has 0 spiro atoms. The van der Waals surface area contributed by atoms with Crippen molar-refractivity contribution >= 4 is 5.91 Å². The quantitative estimate of drug-likeness (QED) is 0.676. The Labute approximate surface area is 161 Å². The van der Waals surface area contributed by atoms with Gasteiger partial charge < -0.3 is 15.7 Å². The number of aliphatic hydroxyl groups excluding tert-OH is 1. The van der Waals surface area contributed by atoms with Crippen molar-refractivity contribution in [2.45, 2.75) is 37.5 Å². The number of pyridine rings is 1. The van der Waals surface area contributed by atoms with E-state index in [1.807, 2.05) is 17.4 Å². The zero-order valence-corrected chi connectivity index (χ0v) is 15.1. The third-order valence-electron chi connectivity index (χ3n) is 4.86. The monoisotopic (exact) mass is 393 g/mol. The van der Waals surface area contributed by atoms with Crippen LogP contribution in [0.3, 0.4) is 0 Å². The zero-order chi connectivity index (χ0) is 20.1. The third-order valence-corrected chi connectivity index (χ3v) is 4.86. The van der Waals surface area contributed by atoms with Gasteiger partial charge in [0.05, 0.1) is 11.7 Å². The highest BCUT2D eigenvalue weighted by Gasteiger charge is 2.26. The number of hydrogen-bond acceptors (Lipinski definition) is 4. The molecular formula is C20H22F3N3O2. The number of aromatic nitrogens is 1. The van der Waals surface area contributed by atoms with Gasteiger partial charge in [-0.1, -0.05) is 30.3 Å². The SMILES string of the molecule is O=C(N[C@H](CF)[C@@H](O)c1ccc(-c2ccc(C3CCCN3)nc2)cc1)C(F)F. The number of rotatable bonds is 7. The maximum absolute atomic E-state index is 13.1. The summed E-state index contributed by atoms with van der Waals surface area (Å²) in [5, 5.41) is 15.4. The van der Waals surface area contributed by atoms with Crippen LogP contribution in [-0.4, -0.2) is 41.7 Å². The second-order valence-electron chi connectivity index (χ2n) is 6.76. The van der Waals surface area contributed by atoms with Crippen molar-refractivity contribution in [2.75, 3.05) is 13.2 Å². The van der Waals surface area contributed by atoms with Crippen molar-refractivity contribution < 1.29 is 23.1 Å². The maximum Gasteiger partial charge on any atom is 0.315 e. The number of aliphatic hydroxyl groups is 1. The van der Waals surface area contributed by atoms with Crippen LogP contribution in [0.4, 0.5) is 13.2 Å². The molecule has 1 aliphatic heterocycles. The summed E-state index contributed by atoms with van der Waals surface area (Å²) in [6, 6.07) is 9.38. The van der Waals surface area contributed by atoms with E-state index in [9.17, 15) is 23.1 Å². The molecule has 1 unspecified atom stereocenters. The lowest BCUT2D eigenvalue weighted by Crippen LogP contribution is -2.43. The molecule has 150 valence electrons. The molecule has 0 radical (unpaired) electrons. The van der Waals surface area contributed by atoms with Crippen LogP contribution in [0.2, 0.25) is 0 Å². The molecule has 3 rings (SSSR count). The van der Waals surface area contributed by atoms with E-state index in [1.54, 1.807) is 30.5 Å². The van der Waals surface area contributed by atoms with Gasteiger partial charge >= 0.3 is 6.43 Å². The number of hydrogen-bond donors (Lipinski definition) is 3. The second-order valence-corrected chi connectivity index (χ2v) is 6.76. The lowest BCUT2D eigenvalue weighted by atomic mass is 9.99. The smallest absolute Gasteiger partial charge is 0.315 e. The molecule has 8 heteroatoms. The molecule has 1 fully saturated rings. The number of benzene rings is 1. The molecule has 3 N–H and O–H groups in total. The summed E-state index contributed by atoms with van der Waals surface area (Å²) in [4.78, 5) is 15.6. The topological polar surface area (TPSA) is 74.2 Å². The predicted molar refractivity (Wildman–Crippen MR) is 98.5 cm³/mol. The molecule has 3 atom stereocenters. The second kappa shape index (κ2) is 9.16. The summed E-state index contributed by atoms with van der Waals surface area (Å²) < 4.78 is 37.8. The molecule has 0 bridgehead atoms. The first-order chi connectivity index (χ1) is 13.5. The number of carbonyl (C=O) groups excluding carboxylic acids is 1. The van der Waals surface area contributed by atoms with Crippen LogP contribution in [0.1, 0.15) is 36.2 Å². The first-order valence-electron chi connectivity index (χ1n) is 9.12. The molecule has 1 aromatic heterocycles. The van der Waals surface area contributed by atoms with Crippen LogP contribution in [0.15, 0.2) is 42.6 Å². The van der Waals surface area contributed by atoms with Gasteiger partial charge in [-0.3, -0.25) is 9.78 Å². The fraction of sp³-hybridized carbons (Fsp3) is 0.400. The molecule has 1 saturated heterocycles. The van der Waals surface area contributed by atoms with Gasteiger partial charge in [-0.05, 0) is 36.6 Å². The Kier molecular flexibility index (Phi) is 6.64. The number of nitrogens with one attached hydrogen (secondary N) is 2. The van der Waals surface area contributed by atoms with E-state index in [0.29, 0.717) is 5.56 Å². The van der Waals surface area contributed by atoms with Crippen LogP contribution in [0.5, 0.6) is 0 Å². The molecule has 5 nitrogen and oxygen atoms in total. The summed E-state index contributed by atoms with van der Waals surface area (Å²) in [5.74, 6) is -1.61. The van der Waals surface area contributed by atoms with Crippen LogP contribution in [0, 0.1) is 0 Å². The van der Waals surface area contributed by atoms with E-state index < -0.39 is 31.2 Å². The van der Waals surface area contributed by atoms with Gasteiger partial charge in [-0.15, -0.1) is 0 Å². The van der Waals surface area contributed by atoms with Gasteiger partial charge in [0.1, 0.15) is 12.8 Å². The minimum Gasteiger partial charge on any atom is -0.386 e. The van der Waals surface area contributed by atoms with Gasteiger partial charge in [0.15, 0.2) is 0 Å². The maximum atomic E-state index is 13.1. The minimum atomic E-state index is -3.27. The fourth-order valence-corrected chi connectivity index (χ4v) is 3.27. The number of amides is 1. The lowest BCUT2D eigenvalue weighted by Gasteiger charge is -2.22. The molecule has 0 saturated carbocycles. The molecule has 1 amide bonds. The van der Waals surface area contributed by atoms with E-state index in [1.165, 1.54) is 0 Å². The highest BCUT2D eigenvalue weighted by atomic mass is 19.3. The van der Waals surface area contributed by atoms with Gasteiger partial charge in [-0.25, -0.2) is 4.39 Å². The summed E-state index contributed by atoms with van der Waals surface area (Å²) in [6.07, 6.45) is -0.727. The summed E-state index contributed by atoms with van der Waals surface area (Å²) >= 11 is 0. The number of carbonyl (C=O) groups is 1. The molecule has 0 aliphatic carbocycles. The minimum absolute atomic E-state index is 0.285. The van der Waals surface area contributed by atoms with E-state index in [2.05, 4.69) is 10.3 Å². The summed E-state index contributed by atoms with van der Waals surface area (Å²) in [5.41, 5.74) is 3.05. The van der Waals surface area contributed by atoms with Crippen LogP contribution in [0.25, 0.3) is 11.1 Å². The van der Waals surface area contributed by atoms with E-state index in [0.717, 1.165) is 36.2 Å². The zero-order valence-electron chi connectivity index (χ0n) is 15.1. The Morgan fingerprint density at radius 2 is 1.93 bits per heavy atom. The van der Waals surface area contributed by atoms with Crippen molar-refractivity contribution in [1.82, 2.24) is 15.6 Å². The van der Waals surface area contributed by atoms with Crippen molar-refractivity contribution in [2.24, 2.45) is 0 Å². The molecular weight excluding hydrogens is 371 g/mol.